The molecule has 0 aromatic heterocycles. The molecule has 2 unspecified atom stereocenters. The average Bonchev–Trinajstić information content (AvgIpc) is 2.70. The predicted molar refractivity (Wildman–Crippen MR) is 128 cm³/mol. The van der Waals surface area contributed by atoms with Gasteiger partial charge in [-0.05, 0) is 71.6 Å². The molecule has 3 rings (SSSR count). The highest BCUT2D eigenvalue weighted by Crippen LogP contribution is 2.38. The van der Waals surface area contributed by atoms with Crippen molar-refractivity contribution in [1.82, 2.24) is 0 Å². The van der Waals surface area contributed by atoms with E-state index in [0.717, 1.165) is 11.1 Å². The fraction of sp³-hybridized carbons (Fsp3) is 0.333. The van der Waals surface area contributed by atoms with Gasteiger partial charge in [-0.15, -0.1) is 0 Å². The lowest BCUT2D eigenvalue weighted by molar-refractivity contribution is 0.446. The van der Waals surface area contributed by atoms with Gasteiger partial charge in [-0.1, -0.05) is 63.6 Å². The Labute approximate surface area is 194 Å². The van der Waals surface area contributed by atoms with Gasteiger partial charge in [0.25, 0.3) is 0 Å². The Balaban J connectivity index is 1.87. The van der Waals surface area contributed by atoms with Crippen LogP contribution >= 0.6 is 11.6 Å². The third-order valence-corrected chi connectivity index (χ3v) is 6.37. The molecule has 0 aliphatic heterocycles. The van der Waals surface area contributed by atoms with Gasteiger partial charge in [0, 0.05) is 16.1 Å². The number of benzene rings is 3. The molecule has 0 aliphatic carbocycles. The van der Waals surface area contributed by atoms with Crippen molar-refractivity contribution >= 4 is 11.6 Å². The van der Waals surface area contributed by atoms with Crippen LogP contribution in [0.3, 0.4) is 0 Å². The van der Waals surface area contributed by atoms with Crippen LogP contribution in [0.15, 0.2) is 48.5 Å². The van der Waals surface area contributed by atoms with E-state index in [1.54, 1.807) is 30.3 Å². The quantitative estimate of drug-likeness (QED) is 0.346. The van der Waals surface area contributed by atoms with Crippen molar-refractivity contribution in [2.75, 3.05) is 0 Å². The van der Waals surface area contributed by atoms with Gasteiger partial charge in [0.15, 0.2) is 0 Å². The fourth-order valence-electron chi connectivity index (χ4n) is 4.36. The highest BCUT2D eigenvalue weighted by molar-refractivity contribution is 6.31. The number of rotatable bonds is 7. The predicted octanol–water partition coefficient (Wildman–Crippen LogP) is 7.41. The van der Waals surface area contributed by atoms with Gasteiger partial charge in [-0.2, -0.15) is 0 Å². The molecular formula is C27H30ClFO3. The summed E-state index contributed by atoms with van der Waals surface area (Å²) >= 11 is 6.26. The summed E-state index contributed by atoms with van der Waals surface area (Å²) in [4.78, 5) is 0. The SMILES string of the molecule is CC(C)c1ccc(CC(C)c2c(O)ccc(CC(C)c3c(O)cccc3Cl)c2F)cc1O. The minimum absolute atomic E-state index is 0.0856. The molecule has 0 spiro atoms. The summed E-state index contributed by atoms with van der Waals surface area (Å²) in [7, 11) is 0. The Morgan fingerprint density at radius 1 is 0.781 bits per heavy atom. The molecule has 0 bridgehead atoms. The molecule has 170 valence electrons. The van der Waals surface area contributed by atoms with Gasteiger partial charge in [0.1, 0.15) is 23.1 Å². The zero-order valence-electron chi connectivity index (χ0n) is 18.9. The van der Waals surface area contributed by atoms with Crippen molar-refractivity contribution in [2.45, 2.75) is 58.3 Å². The Morgan fingerprint density at radius 2 is 1.44 bits per heavy atom. The van der Waals surface area contributed by atoms with Crippen LogP contribution in [0.4, 0.5) is 4.39 Å². The van der Waals surface area contributed by atoms with Gasteiger partial charge in [0.2, 0.25) is 0 Å². The van der Waals surface area contributed by atoms with E-state index in [0.29, 0.717) is 29.0 Å². The van der Waals surface area contributed by atoms with E-state index >= 15 is 4.39 Å². The second kappa shape index (κ2) is 9.83. The van der Waals surface area contributed by atoms with Gasteiger partial charge in [0.05, 0.1) is 0 Å². The van der Waals surface area contributed by atoms with Gasteiger partial charge in [-0.25, -0.2) is 4.39 Å². The number of halogens is 2. The molecule has 3 nitrogen and oxygen atoms in total. The van der Waals surface area contributed by atoms with Crippen LogP contribution in [-0.4, -0.2) is 15.3 Å². The van der Waals surface area contributed by atoms with Crippen LogP contribution < -0.4 is 0 Å². The number of hydrogen-bond donors (Lipinski definition) is 3. The summed E-state index contributed by atoms with van der Waals surface area (Å²) in [6.45, 7) is 7.77. The summed E-state index contributed by atoms with van der Waals surface area (Å²) in [5.41, 5.74) is 3.03. The van der Waals surface area contributed by atoms with Crippen LogP contribution in [0.5, 0.6) is 17.2 Å². The molecule has 0 amide bonds. The zero-order valence-corrected chi connectivity index (χ0v) is 19.6. The van der Waals surface area contributed by atoms with Crippen LogP contribution in [-0.2, 0) is 12.8 Å². The van der Waals surface area contributed by atoms with Gasteiger partial charge in [-0.3, -0.25) is 0 Å². The van der Waals surface area contributed by atoms with Gasteiger partial charge < -0.3 is 15.3 Å². The number of phenolic OH excluding ortho intramolecular Hbond substituents is 3. The van der Waals surface area contributed by atoms with E-state index in [1.165, 1.54) is 6.07 Å². The Bertz CT molecular complexity index is 1090. The molecule has 3 aromatic carbocycles. The molecule has 0 heterocycles. The Hall–Kier alpha value is -2.72. The van der Waals surface area contributed by atoms with E-state index in [-0.39, 0.29) is 40.6 Å². The Morgan fingerprint density at radius 3 is 2.06 bits per heavy atom. The second-order valence-electron chi connectivity index (χ2n) is 8.90. The van der Waals surface area contributed by atoms with Crippen molar-refractivity contribution in [3.63, 3.8) is 0 Å². The first-order valence-corrected chi connectivity index (χ1v) is 11.3. The normalized spacial score (nSPS) is 13.3. The smallest absolute Gasteiger partial charge is 0.133 e. The average molecular weight is 457 g/mol. The van der Waals surface area contributed by atoms with Crippen molar-refractivity contribution < 1.29 is 19.7 Å². The van der Waals surface area contributed by atoms with E-state index in [9.17, 15) is 15.3 Å². The number of aromatic hydroxyl groups is 3. The van der Waals surface area contributed by atoms with Crippen molar-refractivity contribution in [2.24, 2.45) is 0 Å². The maximum Gasteiger partial charge on any atom is 0.133 e. The van der Waals surface area contributed by atoms with E-state index in [1.807, 2.05) is 39.8 Å². The summed E-state index contributed by atoms with van der Waals surface area (Å²) in [5, 5.41) is 31.4. The molecule has 0 saturated carbocycles. The highest BCUT2D eigenvalue weighted by atomic mass is 35.5. The number of phenols is 3. The first-order valence-electron chi connectivity index (χ1n) is 10.9. The molecule has 2 atom stereocenters. The lowest BCUT2D eigenvalue weighted by atomic mass is 9.87. The maximum atomic E-state index is 15.5. The molecule has 5 heteroatoms. The summed E-state index contributed by atoms with van der Waals surface area (Å²) in [6.07, 6.45) is 0.799. The lowest BCUT2D eigenvalue weighted by Gasteiger charge is -2.20. The van der Waals surface area contributed by atoms with Crippen molar-refractivity contribution in [3.8, 4) is 17.2 Å². The first-order chi connectivity index (χ1) is 15.1. The number of hydrogen-bond acceptors (Lipinski definition) is 3. The van der Waals surface area contributed by atoms with Crippen molar-refractivity contribution in [3.05, 3.63) is 87.2 Å². The molecule has 32 heavy (non-hydrogen) atoms. The largest absolute Gasteiger partial charge is 0.508 e. The molecule has 0 fully saturated rings. The minimum Gasteiger partial charge on any atom is -0.508 e. The summed E-state index contributed by atoms with van der Waals surface area (Å²) in [6, 6.07) is 13.6. The Kier molecular flexibility index (Phi) is 7.35. The lowest BCUT2D eigenvalue weighted by Crippen LogP contribution is -2.08. The summed E-state index contributed by atoms with van der Waals surface area (Å²) in [5.74, 6) is -0.526. The molecule has 0 saturated heterocycles. The molecule has 3 N–H and O–H groups in total. The summed E-state index contributed by atoms with van der Waals surface area (Å²) < 4.78 is 15.5. The second-order valence-corrected chi connectivity index (χ2v) is 9.31. The molecular weight excluding hydrogens is 427 g/mol. The van der Waals surface area contributed by atoms with E-state index in [2.05, 4.69) is 0 Å². The third-order valence-electron chi connectivity index (χ3n) is 6.04. The molecule has 0 aliphatic rings. The van der Waals surface area contributed by atoms with Crippen LogP contribution in [0.1, 0.15) is 73.3 Å². The van der Waals surface area contributed by atoms with Crippen LogP contribution in [0.2, 0.25) is 5.02 Å². The highest BCUT2D eigenvalue weighted by Gasteiger charge is 2.22. The van der Waals surface area contributed by atoms with E-state index in [4.69, 9.17) is 11.6 Å². The van der Waals surface area contributed by atoms with E-state index < -0.39 is 5.82 Å². The van der Waals surface area contributed by atoms with Gasteiger partial charge >= 0.3 is 0 Å². The molecule has 3 aromatic rings. The maximum absolute atomic E-state index is 15.5. The monoisotopic (exact) mass is 456 g/mol. The fourth-order valence-corrected chi connectivity index (χ4v) is 4.72. The molecule has 0 radical (unpaired) electrons. The van der Waals surface area contributed by atoms with Crippen LogP contribution in [0, 0.1) is 5.82 Å². The third kappa shape index (κ3) is 5.02. The topological polar surface area (TPSA) is 60.7 Å². The zero-order chi connectivity index (χ0) is 23.6. The van der Waals surface area contributed by atoms with Crippen molar-refractivity contribution in [1.29, 1.82) is 0 Å². The minimum atomic E-state index is -0.445. The first kappa shape index (κ1) is 23.9. The van der Waals surface area contributed by atoms with Crippen LogP contribution in [0.25, 0.3) is 0 Å². The standard InChI is InChI=1S/C27H30ClFO3/c1-15(2)20-10-8-18(14-24(20)32)12-16(3)26-23(31)11-9-19(27(26)29)13-17(4)25-21(28)6-5-7-22(25)30/h5-11,14-17,30-32H,12-13H2,1-4H3.